The lowest BCUT2D eigenvalue weighted by Gasteiger charge is -2.32. The number of piperidine rings is 1. The molecular formula is C22H28FN3O4S. The van der Waals surface area contributed by atoms with E-state index in [0.717, 1.165) is 18.5 Å². The molecule has 1 saturated heterocycles. The maximum absolute atomic E-state index is 14.6. The number of carbonyl (C=O) groups excluding carboxylic acids is 1. The van der Waals surface area contributed by atoms with Crippen LogP contribution in [0.4, 0.5) is 4.39 Å². The zero-order valence-electron chi connectivity index (χ0n) is 17.7. The van der Waals surface area contributed by atoms with Crippen LogP contribution in [0, 0.1) is 12.7 Å². The van der Waals surface area contributed by atoms with E-state index in [1.165, 1.54) is 6.07 Å². The third-order valence-corrected chi connectivity index (χ3v) is 7.07. The quantitative estimate of drug-likeness (QED) is 0.605. The van der Waals surface area contributed by atoms with Crippen LogP contribution in [-0.4, -0.2) is 57.8 Å². The van der Waals surface area contributed by atoms with Gasteiger partial charge in [-0.2, -0.15) is 0 Å². The summed E-state index contributed by atoms with van der Waals surface area (Å²) in [6.45, 7) is 3.89. The Bertz CT molecular complexity index is 1010. The number of carbonyl (C=O) groups is 1. The molecule has 1 heterocycles. The van der Waals surface area contributed by atoms with Crippen molar-refractivity contribution in [2.45, 2.75) is 25.0 Å². The summed E-state index contributed by atoms with van der Waals surface area (Å²) in [5.74, 6) is -1.52. The summed E-state index contributed by atoms with van der Waals surface area (Å²) >= 11 is 0. The lowest BCUT2D eigenvalue weighted by molar-refractivity contribution is 0.0940. The molecule has 0 spiro atoms. The van der Waals surface area contributed by atoms with E-state index in [2.05, 4.69) is 10.3 Å². The van der Waals surface area contributed by atoms with Crippen LogP contribution in [0.5, 0.6) is 0 Å². The van der Waals surface area contributed by atoms with Gasteiger partial charge in [-0.1, -0.05) is 30.3 Å². The normalized spacial score (nSPS) is 17.5. The second-order valence-corrected chi connectivity index (χ2v) is 9.64. The van der Waals surface area contributed by atoms with Gasteiger partial charge in [0.25, 0.3) is 5.91 Å². The van der Waals surface area contributed by atoms with Crippen LogP contribution in [0.2, 0.25) is 0 Å². The summed E-state index contributed by atoms with van der Waals surface area (Å²) in [6.07, 6.45) is 1.22. The van der Waals surface area contributed by atoms with Crippen molar-refractivity contribution in [1.29, 1.82) is 0 Å². The number of sulfonamides is 1. The summed E-state index contributed by atoms with van der Waals surface area (Å²) < 4.78 is 45.1. The number of nitrogens with zero attached hydrogens (tertiary/aromatic N) is 1. The minimum atomic E-state index is -3.82. The Morgan fingerprint density at radius 1 is 1.23 bits per heavy atom. The molecule has 1 amide bonds. The van der Waals surface area contributed by atoms with E-state index in [1.54, 1.807) is 20.1 Å². The summed E-state index contributed by atoms with van der Waals surface area (Å²) in [5, 5.41) is -0.666. The molecule has 9 heteroatoms. The van der Waals surface area contributed by atoms with Crippen molar-refractivity contribution in [1.82, 2.24) is 15.2 Å². The van der Waals surface area contributed by atoms with Crippen molar-refractivity contribution in [2.24, 2.45) is 0 Å². The van der Waals surface area contributed by atoms with E-state index in [9.17, 15) is 17.6 Å². The van der Waals surface area contributed by atoms with Crippen molar-refractivity contribution in [3.8, 4) is 11.1 Å². The average Bonchev–Trinajstić information content (AvgIpc) is 2.78. The fraction of sp³-hybridized carbons (Fsp3) is 0.409. The minimum Gasteiger partial charge on any atom is -0.383 e. The van der Waals surface area contributed by atoms with Gasteiger partial charge in [-0.15, -0.1) is 4.83 Å². The van der Waals surface area contributed by atoms with Crippen LogP contribution in [0.3, 0.4) is 0 Å². The molecule has 1 aliphatic rings. The van der Waals surface area contributed by atoms with E-state index >= 15 is 0 Å². The monoisotopic (exact) mass is 449 g/mol. The maximum atomic E-state index is 14.6. The van der Waals surface area contributed by atoms with E-state index in [1.807, 2.05) is 35.2 Å². The molecule has 0 bridgehead atoms. The van der Waals surface area contributed by atoms with Crippen LogP contribution in [0.25, 0.3) is 11.1 Å². The number of amides is 1. The molecule has 0 aromatic heterocycles. The predicted molar refractivity (Wildman–Crippen MR) is 117 cm³/mol. The molecule has 0 radical (unpaired) electrons. The zero-order valence-corrected chi connectivity index (χ0v) is 18.5. The third kappa shape index (κ3) is 5.88. The number of methoxy groups -OCH3 is 1. The molecule has 1 unspecified atom stereocenters. The van der Waals surface area contributed by atoms with Crippen molar-refractivity contribution in [3.63, 3.8) is 0 Å². The number of likely N-dealkylation sites (tertiary alicyclic amines) is 1. The fourth-order valence-corrected chi connectivity index (χ4v) is 4.98. The van der Waals surface area contributed by atoms with Gasteiger partial charge in [-0.05, 0) is 55.1 Å². The van der Waals surface area contributed by atoms with Gasteiger partial charge in [-0.3, -0.25) is 15.1 Å². The molecule has 7 nitrogen and oxygen atoms in total. The molecule has 2 aromatic carbocycles. The Morgan fingerprint density at radius 2 is 1.97 bits per heavy atom. The van der Waals surface area contributed by atoms with Gasteiger partial charge in [0.15, 0.2) is 0 Å². The van der Waals surface area contributed by atoms with Gasteiger partial charge in [0, 0.05) is 20.2 Å². The molecular weight excluding hydrogens is 421 g/mol. The van der Waals surface area contributed by atoms with Crippen LogP contribution in [0.15, 0.2) is 42.5 Å². The first-order chi connectivity index (χ1) is 14.8. The van der Waals surface area contributed by atoms with Crippen LogP contribution < -0.4 is 10.3 Å². The lowest BCUT2D eigenvalue weighted by Crippen LogP contribution is -2.51. The van der Waals surface area contributed by atoms with E-state index in [-0.39, 0.29) is 5.56 Å². The van der Waals surface area contributed by atoms with E-state index < -0.39 is 27.0 Å². The first-order valence-corrected chi connectivity index (χ1v) is 11.7. The van der Waals surface area contributed by atoms with Crippen LogP contribution >= 0.6 is 0 Å². The number of aryl methyl sites for hydroxylation is 1. The Hall–Kier alpha value is -2.33. The smallest absolute Gasteiger partial charge is 0.269 e. The molecule has 3 rings (SSSR count). The van der Waals surface area contributed by atoms with Gasteiger partial charge >= 0.3 is 0 Å². The zero-order chi connectivity index (χ0) is 22.4. The van der Waals surface area contributed by atoms with Crippen molar-refractivity contribution in [2.75, 3.05) is 33.4 Å². The standard InChI is InChI=1S/C22H28FN3O4S/c1-16-13-18(17-7-4-3-5-8-17)14-20(21(16)23)22(27)24-25-31(28,29)19-9-6-10-26(15-19)11-12-30-2/h3-5,7-8,13-14,19,25H,6,9-12,15H2,1-2H3,(H,24,27). The van der Waals surface area contributed by atoms with Crippen molar-refractivity contribution >= 4 is 15.9 Å². The highest BCUT2D eigenvalue weighted by Gasteiger charge is 2.31. The summed E-state index contributed by atoms with van der Waals surface area (Å²) in [7, 11) is -2.22. The van der Waals surface area contributed by atoms with Gasteiger partial charge < -0.3 is 4.74 Å². The average molecular weight is 450 g/mol. The number of halogens is 1. The Kier molecular flexibility index (Phi) is 7.77. The lowest BCUT2D eigenvalue weighted by atomic mass is 9.99. The highest BCUT2D eigenvalue weighted by Crippen LogP contribution is 2.25. The molecule has 1 atom stereocenters. The van der Waals surface area contributed by atoms with E-state index in [4.69, 9.17) is 4.74 Å². The molecule has 2 N–H and O–H groups in total. The number of benzene rings is 2. The first-order valence-electron chi connectivity index (χ1n) is 10.2. The molecule has 0 aliphatic carbocycles. The molecule has 0 saturated carbocycles. The van der Waals surface area contributed by atoms with Gasteiger partial charge in [0.2, 0.25) is 10.0 Å². The molecule has 2 aromatic rings. The number of hydrazine groups is 1. The van der Waals surface area contributed by atoms with Crippen molar-refractivity contribution < 1.29 is 22.3 Å². The molecule has 1 fully saturated rings. The van der Waals surface area contributed by atoms with Crippen molar-refractivity contribution in [3.05, 3.63) is 59.4 Å². The Morgan fingerprint density at radius 3 is 2.68 bits per heavy atom. The molecule has 168 valence electrons. The summed E-state index contributed by atoms with van der Waals surface area (Å²) in [5.41, 5.74) is 3.77. The number of ether oxygens (including phenoxy) is 1. The maximum Gasteiger partial charge on any atom is 0.269 e. The summed E-state index contributed by atoms with van der Waals surface area (Å²) in [4.78, 5) is 16.8. The Labute approximate surface area is 182 Å². The molecule has 1 aliphatic heterocycles. The minimum absolute atomic E-state index is 0.216. The van der Waals surface area contributed by atoms with Gasteiger partial charge in [0.1, 0.15) is 5.82 Å². The SMILES string of the molecule is COCCN1CCCC(S(=O)(=O)NNC(=O)c2cc(-c3ccccc3)cc(C)c2F)C1. The highest BCUT2D eigenvalue weighted by atomic mass is 32.2. The predicted octanol–water partition coefficient (Wildman–Crippen LogP) is 2.48. The largest absolute Gasteiger partial charge is 0.383 e. The fourth-order valence-electron chi connectivity index (χ4n) is 3.69. The number of rotatable bonds is 8. The number of hydrogen-bond donors (Lipinski definition) is 2. The number of hydrogen-bond acceptors (Lipinski definition) is 5. The topological polar surface area (TPSA) is 87.7 Å². The second kappa shape index (κ2) is 10.3. The van der Waals surface area contributed by atoms with Crippen LogP contribution in [0.1, 0.15) is 28.8 Å². The second-order valence-electron chi connectivity index (χ2n) is 7.68. The van der Waals surface area contributed by atoms with Gasteiger partial charge in [-0.25, -0.2) is 12.8 Å². The van der Waals surface area contributed by atoms with E-state index in [0.29, 0.717) is 37.2 Å². The number of nitrogens with one attached hydrogen (secondary N) is 2. The third-order valence-electron chi connectivity index (χ3n) is 5.43. The highest BCUT2D eigenvalue weighted by molar-refractivity contribution is 7.90. The van der Waals surface area contributed by atoms with Crippen LogP contribution in [-0.2, 0) is 14.8 Å². The first kappa shape index (κ1) is 23.3. The molecule has 31 heavy (non-hydrogen) atoms. The summed E-state index contributed by atoms with van der Waals surface area (Å²) in [6, 6.07) is 12.4. The Balaban J connectivity index is 1.71. The van der Waals surface area contributed by atoms with Gasteiger partial charge in [0.05, 0.1) is 17.4 Å².